The fourth-order valence-electron chi connectivity index (χ4n) is 1.07. The van der Waals surface area contributed by atoms with Gasteiger partial charge in [0.2, 0.25) is 0 Å². The van der Waals surface area contributed by atoms with Crippen LogP contribution < -0.4 is 5.73 Å². The highest BCUT2D eigenvalue weighted by Crippen LogP contribution is 2.14. The summed E-state index contributed by atoms with van der Waals surface area (Å²) in [6.45, 7) is 0.363. The highest BCUT2D eigenvalue weighted by molar-refractivity contribution is 6.33. The topological polar surface area (TPSA) is 56.2 Å². The van der Waals surface area contributed by atoms with E-state index < -0.39 is 0 Å². The van der Waals surface area contributed by atoms with Crippen LogP contribution in [0.2, 0.25) is 5.02 Å². The van der Waals surface area contributed by atoms with Crippen LogP contribution in [0.25, 0.3) is 5.65 Å². The third-order valence-corrected chi connectivity index (χ3v) is 1.94. The van der Waals surface area contributed by atoms with Crippen LogP contribution >= 0.6 is 11.6 Å². The van der Waals surface area contributed by atoms with Crippen molar-refractivity contribution < 1.29 is 0 Å². The number of aromatic nitrogens is 3. The van der Waals surface area contributed by atoms with Crippen molar-refractivity contribution in [1.29, 1.82) is 0 Å². The van der Waals surface area contributed by atoms with Crippen LogP contribution in [0, 0.1) is 0 Å². The lowest BCUT2D eigenvalue weighted by Gasteiger charge is -1.95. The van der Waals surface area contributed by atoms with Crippen molar-refractivity contribution in [2.75, 3.05) is 0 Å². The van der Waals surface area contributed by atoms with Crippen LogP contribution in [-0.4, -0.2) is 14.6 Å². The first-order valence-corrected chi connectivity index (χ1v) is 3.89. The van der Waals surface area contributed by atoms with Gasteiger partial charge in [-0.3, -0.25) is 4.40 Å². The number of hydrogen-bond donors (Lipinski definition) is 1. The van der Waals surface area contributed by atoms with Gasteiger partial charge in [0.15, 0.2) is 11.5 Å². The van der Waals surface area contributed by atoms with E-state index in [0.717, 1.165) is 0 Å². The highest BCUT2D eigenvalue weighted by Gasteiger charge is 2.04. The molecule has 0 aliphatic carbocycles. The molecule has 0 atom stereocenters. The SMILES string of the molecule is NCc1nnc2c(Cl)cccn12. The van der Waals surface area contributed by atoms with Gasteiger partial charge in [-0.05, 0) is 12.1 Å². The number of fused-ring (bicyclic) bond motifs is 1. The fraction of sp³-hybridized carbons (Fsp3) is 0.143. The normalized spacial score (nSPS) is 10.8. The lowest BCUT2D eigenvalue weighted by atomic mass is 10.4. The molecule has 0 saturated heterocycles. The Morgan fingerprint density at radius 3 is 3.08 bits per heavy atom. The quantitative estimate of drug-likeness (QED) is 0.711. The Balaban J connectivity index is 2.80. The summed E-state index contributed by atoms with van der Waals surface area (Å²) in [6.07, 6.45) is 1.84. The second-order valence-corrected chi connectivity index (χ2v) is 2.78. The first-order valence-electron chi connectivity index (χ1n) is 3.51. The van der Waals surface area contributed by atoms with E-state index in [9.17, 15) is 0 Å². The molecule has 12 heavy (non-hydrogen) atoms. The molecule has 0 fully saturated rings. The van der Waals surface area contributed by atoms with E-state index in [1.54, 1.807) is 10.5 Å². The molecule has 0 unspecified atom stereocenters. The molecule has 2 aromatic rings. The molecule has 2 aromatic heterocycles. The van der Waals surface area contributed by atoms with Gasteiger partial charge in [0, 0.05) is 6.20 Å². The van der Waals surface area contributed by atoms with Crippen molar-refractivity contribution in [2.45, 2.75) is 6.54 Å². The van der Waals surface area contributed by atoms with Gasteiger partial charge in [0.05, 0.1) is 11.6 Å². The van der Waals surface area contributed by atoms with E-state index in [0.29, 0.717) is 23.0 Å². The zero-order valence-electron chi connectivity index (χ0n) is 6.24. The second kappa shape index (κ2) is 2.73. The van der Waals surface area contributed by atoms with Gasteiger partial charge in [-0.25, -0.2) is 0 Å². The number of nitrogens with two attached hydrogens (primary N) is 1. The Hall–Kier alpha value is -1.13. The van der Waals surface area contributed by atoms with Gasteiger partial charge >= 0.3 is 0 Å². The number of halogens is 1. The summed E-state index contributed by atoms with van der Waals surface area (Å²) in [4.78, 5) is 0. The van der Waals surface area contributed by atoms with Crippen LogP contribution in [-0.2, 0) is 6.54 Å². The summed E-state index contributed by atoms with van der Waals surface area (Å²) in [7, 11) is 0. The summed E-state index contributed by atoms with van der Waals surface area (Å²) >= 11 is 5.86. The Morgan fingerprint density at radius 1 is 1.50 bits per heavy atom. The predicted octanol–water partition coefficient (Wildman–Crippen LogP) is 0.841. The Labute approximate surface area is 74.0 Å². The second-order valence-electron chi connectivity index (χ2n) is 2.37. The van der Waals surface area contributed by atoms with Crippen LogP contribution in [0.4, 0.5) is 0 Å². The average molecular weight is 183 g/mol. The monoisotopic (exact) mass is 182 g/mol. The molecule has 0 aliphatic heterocycles. The van der Waals surface area contributed by atoms with Crippen molar-refractivity contribution in [3.8, 4) is 0 Å². The molecule has 0 spiro atoms. The molecular formula is C7H7ClN4. The maximum absolute atomic E-state index is 5.86. The van der Waals surface area contributed by atoms with E-state index in [4.69, 9.17) is 17.3 Å². The molecule has 0 bridgehead atoms. The lowest BCUT2D eigenvalue weighted by Crippen LogP contribution is -2.01. The molecule has 0 radical (unpaired) electrons. The summed E-state index contributed by atoms with van der Waals surface area (Å²) in [5.74, 6) is 0.715. The molecule has 5 heteroatoms. The van der Waals surface area contributed by atoms with Crippen molar-refractivity contribution in [2.24, 2.45) is 5.73 Å². The largest absolute Gasteiger partial charge is 0.324 e. The Morgan fingerprint density at radius 2 is 2.33 bits per heavy atom. The lowest BCUT2D eigenvalue weighted by molar-refractivity contribution is 0.883. The molecule has 4 nitrogen and oxygen atoms in total. The van der Waals surface area contributed by atoms with Crippen LogP contribution in [0.3, 0.4) is 0 Å². The molecule has 0 saturated carbocycles. The zero-order valence-corrected chi connectivity index (χ0v) is 6.99. The highest BCUT2D eigenvalue weighted by atomic mass is 35.5. The van der Waals surface area contributed by atoms with Gasteiger partial charge in [-0.1, -0.05) is 11.6 Å². The summed E-state index contributed by atoms with van der Waals surface area (Å²) < 4.78 is 1.78. The maximum Gasteiger partial charge on any atom is 0.179 e. The molecule has 2 N–H and O–H groups in total. The standard InChI is InChI=1S/C7H7ClN4/c8-5-2-1-3-12-6(4-9)10-11-7(5)12/h1-3H,4,9H2. The molecule has 0 aromatic carbocycles. The van der Waals surface area contributed by atoms with Crippen molar-refractivity contribution >= 4 is 17.2 Å². The smallest absolute Gasteiger partial charge is 0.179 e. The third kappa shape index (κ3) is 0.964. The minimum atomic E-state index is 0.363. The van der Waals surface area contributed by atoms with E-state index >= 15 is 0 Å². The van der Waals surface area contributed by atoms with Crippen molar-refractivity contribution in [3.63, 3.8) is 0 Å². The van der Waals surface area contributed by atoms with Crippen LogP contribution in [0.15, 0.2) is 18.3 Å². The average Bonchev–Trinajstić information content (AvgIpc) is 2.49. The number of pyridine rings is 1. The van der Waals surface area contributed by atoms with E-state index in [-0.39, 0.29) is 0 Å². The number of nitrogens with zero attached hydrogens (tertiary/aromatic N) is 3. The van der Waals surface area contributed by atoms with E-state index in [2.05, 4.69) is 10.2 Å². The molecule has 0 aliphatic rings. The Kier molecular flexibility index (Phi) is 1.71. The fourth-order valence-corrected chi connectivity index (χ4v) is 1.27. The number of rotatable bonds is 1. The minimum absolute atomic E-state index is 0.363. The molecular weight excluding hydrogens is 176 g/mol. The number of hydrogen-bond acceptors (Lipinski definition) is 3. The van der Waals surface area contributed by atoms with Gasteiger partial charge in [0.25, 0.3) is 0 Å². The summed E-state index contributed by atoms with van der Waals surface area (Å²) in [6, 6.07) is 3.60. The third-order valence-electron chi connectivity index (χ3n) is 1.64. The van der Waals surface area contributed by atoms with Gasteiger partial charge < -0.3 is 5.73 Å². The maximum atomic E-state index is 5.86. The zero-order chi connectivity index (χ0) is 8.55. The molecule has 62 valence electrons. The van der Waals surface area contributed by atoms with Gasteiger partial charge in [0.1, 0.15) is 0 Å². The van der Waals surface area contributed by atoms with Crippen molar-refractivity contribution in [3.05, 3.63) is 29.2 Å². The summed E-state index contributed by atoms with van der Waals surface area (Å²) in [5.41, 5.74) is 6.10. The van der Waals surface area contributed by atoms with Crippen LogP contribution in [0.5, 0.6) is 0 Å². The molecule has 2 heterocycles. The van der Waals surface area contributed by atoms with Crippen molar-refractivity contribution in [1.82, 2.24) is 14.6 Å². The van der Waals surface area contributed by atoms with E-state index in [1.165, 1.54) is 0 Å². The van der Waals surface area contributed by atoms with Gasteiger partial charge in [-0.15, -0.1) is 10.2 Å². The molecule has 0 amide bonds. The predicted molar refractivity (Wildman–Crippen MR) is 45.9 cm³/mol. The van der Waals surface area contributed by atoms with E-state index in [1.807, 2.05) is 12.3 Å². The molecule has 2 rings (SSSR count). The Bertz CT molecular complexity index is 409. The first-order chi connectivity index (χ1) is 5.83. The van der Waals surface area contributed by atoms with Crippen LogP contribution in [0.1, 0.15) is 5.82 Å². The minimum Gasteiger partial charge on any atom is -0.324 e. The summed E-state index contributed by atoms with van der Waals surface area (Å²) in [5, 5.41) is 8.36. The van der Waals surface area contributed by atoms with Gasteiger partial charge in [-0.2, -0.15) is 0 Å². The first kappa shape index (κ1) is 7.52.